The molecule has 1 aliphatic carbocycles. The van der Waals surface area contributed by atoms with E-state index in [4.69, 9.17) is 28.9 Å². The van der Waals surface area contributed by atoms with E-state index in [-0.39, 0.29) is 18.6 Å². The average molecular weight is 289 g/mol. The highest BCUT2D eigenvalue weighted by Gasteiger charge is 2.25. The molecule has 100 valence electrons. The van der Waals surface area contributed by atoms with Gasteiger partial charge in [-0.1, -0.05) is 36.0 Å². The van der Waals surface area contributed by atoms with E-state index in [9.17, 15) is 5.11 Å². The first kappa shape index (κ1) is 13.8. The number of hydrogen-bond acceptors (Lipinski definition) is 3. The van der Waals surface area contributed by atoms with Gasteiger partial charge in [0.1, 0.15) is 0 Å². The van der Waals surface area contributed by atoms with Gasteiger partial charge < -0.3 is 16.2 Å². The lowest BCUT2D eigenvalue weighted by Gasteiger charge is -2.32. The molecule has 1 aliphatic rings. The predicted octanol–water partition coefficient (Wildman–Crippen LogP) is 3.54. The number of nitrogens with one attached hydrogen (secondary N) is 1. The van der Waals surface area contributed by atoms with Crippen molar-refractivity contribution in [2.24, 2.45) is 5.92 Å². The van der Waals surface area contributed by atoms with Crippen molar-refractivity contribution >= 4 is 34.6 Å². The molecule has 0 spiro atoms. The molecular formula is C13H18Cl2N2O. The quantitative estimate of drug-likeness (QED) is 0.746. The molecule has 0 heterocycles. The Bertz CT molecular complexity index is 402. The predicted molar refractivity (Wildman–Crippen MR) is 77.3 cm³/mol. The van der Waals surface area contributed by atoms with Crippen molar-refractivity contribution in [3.05, 3.63) is 22.2 Å². The maximum Gasteiger partial charge on any atom is 0.0722 e. The minimum Gasteiger partial charge on any atom is -0.399 e. The van der Waals surface area contributed by atoms with Crippen LogP contribution in [0.2, 0.25) is 10.0 Å². The van der Waals surface area contributed by atoms with Gasteiger partial charge >= 0.3 is 0 Å². The highest BCUT2D eigenvalue weighted by Crippen LogP contribution is 2.36. The molecule has 2 atom stereocenters. The molecule has 5 heteroatoms. The third-order valence-electron chi connectivity index (χ3n) is 3.54. The SMILES string of the molecule is Nc1cc(Cl)c(NC2CCCCC2CO)c(Cl)c1. The van der Waals surface area contributed by atoms with Gasteiger partial charge in [-0.25, -0.2) is 0 Å². The summed E-state index contributed by atoms with van der Waals surface area (Å²) in [6.45, 7) is 0.196. The van der Waals surface area contributed by atoms with Crippen molar-refractivity contribution < 1.29 is 5.11 Å². The molecule has 0 aromatic heterocycles. The van der Waals surface area contributed by atoms with E-state index in [0.29, 0.717) is 15.7 Å². The zero-order valence-electron chi connectivity index (χ0n) is 10.1. The standard InChI is InChI=1S/C13H18Cl2N2O/c14-10-5-9(16)6-11(15)13(10)17-12-4-2-1-3-8(12)7-18/h5-6,8,12,17-18H,1-4,7,16H2. The highest BCUT2D eigenvalue weighted by molar-refractivity contribution is 6.39. The maximum absolute atomic E-state index is 9.40. The van der Waals surface area contributed by atoms with E-state index in [2.05, 4.69) is 5.32 Å². The van der Waals surface area contributed by atoms with Crippen molar-refractivity contribution in [3.63, 3.8) is 0 Å². The number of anilines is 2. The first-order chi connectivity index (χ1) is 8.61. The van der Waals surface area contributed by atoms with Gasteiger partial charge in [0, 0.05) is 24.3 Å². The van der Waals surface area contributed by atoms with Gasteiger partial charge in [-0.3, -0.25) is 0 Å². The second-order valence-electron chi connectivity index (χ2n) is 4.84. The van der Waals surface area contributed by atoms with Crippen LogP contribution in [0, 0.1) is 5.92 Å². The van der Waals surface area contributed by atoms with Crippen molar-refractivity contribution in [3.8, 4) is 0 Å². The Labute approximate surface area is 117 Å². The van der Waals surface area contributed by atoms with Gasteiger partial charge in [-0.2, -0.15) is 0 Å². The Morgan fingerprint density at radius 2 is 1.83 bits per heavy atom. The molecule has 1 aromatic carbocycles. The fraction of sp³-hybridized carbons (Fsp3) is 0.538. The van der Waals surface area contributed by atoms with Crippen LogP contribution in [0.5, 0.6) is 0 Å². The van der Waals surface area contributed by atoms with Gasteiger partial charge in [-0.05, 0) is 25.0 Å². The van der Waals surface area contributed by atoms with Crippen LogP contribution in [0.15, 0.2) is 12.1 Å². The van der Waals surface area contributed by atoms with Crippen LogP contribution < -0.4 is 11.1 Å². The molecule has 0 radical (unpaired) electrons. The summed E-state index contributed by atoms with van der Waals surface area (Å²) in [7, 11) is 0. The molecule has 1 aromatic rings. The summed E-state index contributed by atoms with van der Waals surface area (Å²) in [5, 5.41) is 13.8. The summed E-state index contributed by atoms with van der Waals surface area (Å²) >= 11 is 12.3. The molecule has 3 nitrogen and oxygen atoms in total. The molecule has 0 saturated heterocycles. The minimum absolute atomic E-state index is 0.196. The van der Waals surface area contributed by atoms with Crippen LogP contribution in [0.3, 0.4) is 0 Å². The zero-order valence-corrected chi connectivity index (χ0v) is 11.6. The fourth-order valence-corrected chi connectivity index (χ4v) is 3.15. The molecule has 1 saturated carbocycles. The molecule has 2 unspecified atom stereocenters. The monoisotopic (exact) mass is 288 g/mol. The van der Waals surface area contributed by atoms with E-state index in [1.807, 2.05) is 0 Å². The topological polar surface area (TPSA) is 58.3 Å². The Morgan fingerprint density at radius 1 is 1.22 bits per heavy atom. The zero-order chi connectivity index (χ0) is 13.1. The third kappa shape index (κ3) is 3.02. The summed E-state index contributed by atoms with van der Waals surface area (Å²) < 4.78 is 0. The Hall–Kier alpha value is -0.640. The largest absolute Gasteiger partial charge is 0.399 e. The molecular weight excluding hydrogens is 271 g/mol. The number of nitrogens with two attached hydrogens (primary N) is 1. The second kappa shape index (κ2) is 6.00. The average Bonchev–Trinajstić information content (AvgIpc) is 2.34. The summed E-state index contributed by atoms with van der Waals surface area (Å²) in [5.74, 6) is 0.267. The number of rotatable bonds is 3. The number of benzene rings is 1. The lowest BCUT2D eigenvalue weighted by molar-refractivity contribution is 0.178. The summed E-state index contributed by atoms with van der Waals surface area (Å²) in [4.78, 5) is 0. The second-order valence-corrected chi connectivity index (χ2v) is 5.65. The van der Waals surface area contributed by atoms with E-state index >= 15 is 0 Å². The first-order valence-electron chi connectivity index (χ1n) is 6.23. The minimum atomic E-state index is 0.196. The van der Waals surface area contributed by atoms with Crippen LogP contribution in [-0.4, -0.2) is 17.8 Å². The number of halogens is 2. The van der Waals surface area contributed by atoms with E-state index in [0.717, 1.165) is 18.5 Å². The molecule has 0 aliphatic heterocycles. The van der Waals surface area contributed by atoms with Crippen LogP contribution in [0.1, 0.15) is 25.7 Å². The van der Waals surface area contributed by atoms with Crippen LogP contribution in [-0.2, 0) is 0 Å². The van der Waals surface area contributed by atoms with Gasteiger partial charge in [0.2, 0.25) is 0 Å². The van der Waals surface area contributed by atoms with Crippen LogP contribution >= 0.6 is 23.2 Å². The van der Waals surface area contributed by atoms with Gasteiger partial charge in [-0.15, -0.1) is 0 Å². The molecule has 1 fully saturated rings. The molecule has 0 amide bonds. The smallest absolute Gasteiger partial charge is 0.0722 e. The summed E-state index contributed by atoms with van der Waals surface area (Å²) in [5.41, 5.74) is 6.95. The number of aliphatic hydroxyl groups is 1. The Morgan fingerprint density at radius 3 is 2.44 bits per heavy atom. The van der Waals surface area contributed by atoms with E-state index < -0.39 is 0 Å². The van der Waals surface area contributed by atoms with E-state index in [1.165, 1.54) is 12.8 Å². The third-order valence-corrected chi connectivity index (χ3v) is 4.13. The molecule has 18 heavy (non-hydrogen) atoms. The summed E-state index contributed by atoms with van der Waals surface area (Å²) in [6, 6.07) is 3.60. The van der Waals surface area contributed by atoms with Crippen molar-refractivity contribution in [2.45, 2.75) is 31.7 Å². The van der Waals surface area contributed by atoms with Gasteiger partial charge in [0.05, 0.1) is 15.7 Å². The van der Waals surface area contributed by atoms with Crippen molar-refractivity contribution in [1.82, 2.24) is 0 Å². The highest BCUT2D eigenvalue weighted by atomic mass is 35.5. The fourth-order valence-electron chi connectivity index (χ4n) is 2.53. The lowest BCUT2D eigenvalue weighted by Crippen LogP contribution is -2.34. The van der Waals surface area contributed by atoms with Gasteiger partial charge in [0.25, 0.3) is 0 Å². The van der Waals surface area contributed by atoms with Crippen molar-refractivity contribution in [1.29, 1.82) is 0 Å². The van der Waals surface area contributed by atoms with Crippen LogP contribution in [0.25, 0.3) is 0 Å². The van der Waals surface area contributed by atoms with Crippen LogP contribution in [0.4, 0.5) is 11.4 Å². The number of hydrogen-bond donors (Lipinski definition) is 3. The van der Waals surface area contributed by atoms with E-state index in [1.54, 1.807) is 12.1 Å². The number of aliphatic hydroxyl groups excluding tert-OH is 1. The summed E-state index contributed by atoms with van der Waals surface area (Å²) in [6.07, 6.45) is 4.41. The lowest BCUT2D eigenvalue weighted by atomic mass is 9.85. The maximum atomic E-state index is 9.40. The number of nitrogen functional groups attached to an aromatic ring is 1. The Kier molecular flexibility index (Phi) is 4.60. The molecule has 0 bridgehead atoms. The molecule has 4 N–H and O–H groups in total. The Balaban J connectivity index is 2.17. The first-order valence-corrected chi connectivity index (χ1v) is 6.99. The normalized spacial score (nSPS) is 23.9. The van der Waals surface area contributed by atoms with Gasteiger partial charge in [0.15, 0.2) is 0 Å². The molecule has 2 rings (SSSR count). The van der Waals surface area contributed by atoms with Crippen molar-refractivity contribution in [2.75, 3.05) is 17.7 Å².